The first kappa shape index (κ1) is 67.4. The standard InChI is InChI=1S/C52H81N11O16P2/c1-7-33(4)45-49(71)59-40(12-10-11-19-53)48(70)60-41-22-34(46(54)68)13-14-35(41)25-55-39-16-15-36(23-38(39)47(69)61-45)58-43(66)18-17-42(65)57-28-51(6,9-3)31-79-30-50(5,8-2)24-44(67)56-26-37(64)27-62-20-21-63(32-62)29-52(72,80(73,74)75)81(76,77)78/h13-16,20-23,32-33,37,40,45,64,72H,7-12,17-19,24-31,53H2,1-6H3,(H12-,54,55,56,57,58,59,60,61,65,66,67,68,69,70,71,73,74,75,76,77,78)/p+1/t33?,37?,40-,45-,50?,51?/m0/s1. The van der Waals surface area contributed by atoms with E-state index in [9.17, 15) is 72.5 Å². The van der Waals surface area contributed by atoms with Crippen molar-refractivity contribution in [2.24, 2.45) is 28.2 Å². The van der Waals surface area contributed by atoms with E-state index >= 15 is 0 Å². The number of unbranched alkanes of at least 4 members (excludes halogenated alkanes) is 1. The average Bonchev–Trinajstić information content (AvgIpc) is 3.87. The fraction of sp³-hybridized carbons (Fsp3) is 0.577. The van der Waals surface area contributed by atoms with Gasteiger partial charge < -0.3 is 83.2 Å². The van der Waals surface area contributed by atoms with Crippen LogP contribution in [0.5, 0.6) is 0 Å². The monoisotopic (exact) mass is 1180 g/mol. The molecule has 0 bridgehead atoms. The highest BCUT2D eigenvalue weighted by Crippen LogP contribution is 2.67. The summed E-state index contributed by atoms with van der Waals surface area (Å²) in [4.78, 5) is 131. The third-order valence-electron chi connectivity index (χ3n) is 14.5. The number of primary amides is 1. The molecule has 0 radical (unpaired) electrons. The zero-order valence-electron chi connectivity index (χ0n) is 46.7. The molecule has 17 N–H and O–H groups in total. The number of aliphatic hydroxyl groups excluding tert-OH is 1. The topological polar surface area (TPSA) is 429 Å². The second-order valence-corrected chi connectivity index (χ2v) is 25.5. The Morgan fingerprint density at radius 1 is 0.877 bits per heavy atom. The van der Waals surface area contributed by atoms with Crippen molar-refractivity contribution >= 4 is 73.6 Å². The third kappa shape index (κ3) is 19.8. The van der Waals surface area contributed by atoms with Gasteiger partial charge in [-0.1, -0.05) is 54.0 Å². The molecule has 4 rings (SSSR count). The number of nitrogens with one attached hydrogen (secondary N) is 7. The highest BCUT2D eigenvalue weighted by Gasteiger charge is 2.61. The second-order valence-electron chi connectivity index (χ2n) is 21.4. The number of ether oxygens (including phenoxy) is 1. The molecule has 7 amide bonds. The molecule has 2 aromatic carbocycles. The van der Waals surface area contributed by atoms with Gasteiger partial charge in [0.25, 0.3) is 5.91 Å². The summed E-state index contributed by atoms with van der Waals surface area (Å²) < 4.78 is 31.9. The molecule has 0 fully saturated rings. The van der Waals surface area contributed by atoms with Gasteiger partial charge in [-0.15, -0.1) is 0 Å². The van der Waals surface area contributed by atoms with Gasteiger partial charge in [-0.2, -0.15) is 0 Å². The van der Waals surface area contributed by atoms with Crippen molar-refractivity contribution < 1.29 is 81.8 Å². The number of hydrogen-bond donors (Lipinski definition) is 15. The maximum absolute atomic E-state index is 14.2. The number of hydrogen-bond acceptors (Lipinski definition) is 14. The van der Waals surface area contributed by atoms with Gasteiger partial charge in [0.2, 0.25) is 41.8 Å². The number of imidazole rings is 1. The maximum Gasteiger partial charge on any atom is 0.373 e. The summed E-state index contributed by atoms with van der Waals surface area (Å²) in [5.41, 5.74) is 11.7. The minimum atomic E-state index is -5.69. The zero-order valence-corrected chi connectivity index (χ0v) is 48.5. The highest BCUT2D eigenvalue weighted by atomic mass is 31.2. The van der Waals surface area contributed by atoms with Crippen molar-refractivity contribution in [3.63, 3.8) is 0 Å². The SMILES string of the molecule is CCC(C)[C@@H]1NC(=O)c2cc(NC(=O)CCC(=O)NCC(C)(CC)COCC(C)(CC)CC(=O)NCC(O)Cn3cc[n+](CC(O)(P(=O)(O)O)P(=O)(O)O)c3)ccc2NCc2ccc(C(N)=O)cc2NC(=O)[C@H](CCCCN)NC1=O. The molecule has 1 aliphatic rings. The molecule has 1 aliphatic heterocycles. The van der Waals surface area contributed by atoms with Gasteiger partial charge in [0.05, 0.1) is 18.8 Å². The van der Waals surface area contributed by atoms with Crippen LogP contribution >= 0.6 is 15.2 Å². The van der Waals surface area contributed by atoms with Crippen molar-refractivity contribution in [2.75, 3.05) is 48.8 Å². The fourth-order valence-corrected chi connectivity index (χ4v) is 10.6. The van der Waals surface area contributed by atoms with E-state index in [1.807, 2.05) is 34.6 Å². The first-order valence-electron chi connectivity index (χ1n) is 26.8. The van der Waals surface area contributed by atoms with Crippen LogP contribution in [-0.4, -0.2) is 132 Å². The maximum atomic E-state index is 14.2. The molecule has 450 valence electrons. The lowest BCUT2D eigenvalue weighted by atomic mass is 9.84. The minimum Gasteiger partial charge on any atom is -0.387 e. The van der Waals surface area contributed by atoms with Crippen molar-refractivity contribution in [2.45, 2.75) is 142 Å². The summed E-state index contributed by atoms with van der Waals surface area (Å²) in [7, 11) is -11.4. The Morgan fingerprint density at radius 3 is 2.17 bits per heavy atom. The normalized spacial score (nSPS) is 17.7. The molecule has 6 atom stereocenters. The van der Waals surface area contributed by atoms with E-state index in [1.165, 1.54) is 41.5 Å². The van der Waals surface area contributed by atoms with Crippen LogP contribution in [0.2, 0.25) is 0 Å². The van der Waals surface area contributed by atoms with Gasteiger partial charge in [-0.3, -0.25) is 42.7 Å². The van der Waals surface area contributed by atoms with Crippen molar-refractivity contribution in [3.8, 4) is 0 Å². The average molecular weight is 1180 g/mol. The van der Waals surface area contributed by atoms with E-state index in [0.29, 0.717) is 49.9 Å². The van der Waals surface area contributed by atoms with Crippen LogP contribution in [0, 0.1) is 16.7 Å². The van der Waals surface area contributed by atoms with E-state index in [4.69, 9.17) is 16.2 Å². The first-order chi connectivity index (χ1) is 37.9. The summed E-state index contributed by atoms with van der Waals surface area (Å²) in [5, 5.41) is 37.2. The summed E-state index contributed by atoms with van der Waals surface area (Å²) in [6.45, 7) is 10.9. The molecule has 0 aliphatic carbocycles. The van der Waals surface area contributed by atoms with Crippen LogP contribution in [0.3, 0.4) is 0 Å². The van der Waals surface area contributed by atoms with Gasteiger partial charge in [0.15, 0.2) is 0 Å². The van der Waals surface area contributed by atoms with E-state index in [-0.39, 0.29) is 99.4 Å². The quantitative estimate of drug-likeness (QED) is 0.0266. The number of aliphatic hydroxyl groups is 2. The number of amides is 7. The summed E-state index contributed by atoms with van der Waals surface area (Å²) in [6.07, 6.45) is 5.20. The van der Waals surface area contributed by atoms with Crippen LogP contribution in [-0.2, 0) is 57.5 Å². The number of rotatable bonds is 29. The molecule has 1 aromatic heterocycles. The largest absolute Gasteiger partial charge is 0.387 e. The predicted octanol–water partition coefficient (Wildman–Crippen LogP) is 1.45. The van der Waals surface area contributed by atoms with Crippen LogP contribution in [0.25, 0.3) is 0 Å². The zero-order chi connectivity index (χ0) is 60.5. The summed E-state index contributed by atoms with van der Waals surface area (Å²) >= 11 is 0. The number of fused-ring (bicyclic) bond motifs is 2. The Bertz CT molecular complexity index is 2790. The van der Waals surface area contributed by atoms with Crippen molar-refractivity contribution in [3.05, 3.63) is 71.8 Å². The lowest BCUT2D eigenvalue weighted by Gasteiger charge is -2.32. The number of nitrogens with zero attached hydrogens (tertiary/aromatic N) is 2. The Hall–Kier alpha value is -6.12. The predicted molar refractivity (Wildman–Crippen MR) is 299 cm³/mol. The van der Waals surface area contributed by atoms with E-state index in [2.05, 4.69) is 37.2 Å². The third-order valence-corrected chi connectivity index (χ3v) is 18.3. The first-order valence-corrected chi connectivity index (χ1v) is 30.0. The minimum absolute atomic E-state index is 0.0347. The summed E-state index contributed by atoms with van der Waals surface area (Å²) in [6, 6.07) is 7.05. The number of carbonyl (C=O) groups is 7. The molecule has 29 heteroatoms. The van der Waals surface area contributed by atoms with Crippen LogP contribution < -0.4 is 53.3 Å². The number of anilines is 3. The molecule has 81 heavy (non-hydrogen) atoms. The van der Waals surface area contributed by atoms with Gasteiger partial charge in [-0.05, 0) is 85.9 Å². The Morgan fingerprint density at radius 2 is 1.54 bits per heavy atom. The Kier molecular flexibility index (Phi) is 24.7. The van der Waals surface area contributed by atoms with Gasteiger partial charge in [0, 0.05) is 66.9 Å². The lowest BCUT2D eigenvalue weighted by molar-refractivity contribution is -0.703. The number of carbonyl (C=O) groups excluding carboxylic acids is 7. The molecule has 2 heterocycles. The molecule has 0 saturated carbocycles. The van der Waals surface area contributed by atoms with Gasteiger partial charge in [-0.25, -0.2) is 9.13 Å². The fourth-order valence-electron chi connectivity index (χ4n) is 8.50. The summed E-state index contributed by atoms with van der Waals surface area (Å²) in [5.74, 6) is -4.14. The Balaban J connectivity index is 1.33. The number of nitrogens with two attached hydrogens (primary N) is 2. The van der Waals surface area contributed by atoms with Crippen LogP contribution in [0.15, 0.2) is 55.1 Å². The van der Waals surface area contributed by atoms with Crippen molar-refractivity contribution in [1.29, 1.82) is 0 Å². The molecule has 4 unspecified atom stereocenters. The van der Waals surface area contributed by atoms with E-state index in [1.54, 1.807) is 25.1 Å². The molecule has 0 spiro atoms. The molecule has 3 aromatic rings. The van der Waals surface area contributed by atoms with Crippen LogP contribution in [0.1, 0.15) is 126 Å². The van der Waals surface area contributed by atoms with Gasteiger partial charge in [0.1, 0.15) is 43.7 Å². The van der Waals surface area contributed by atoms with Gasteiger partial charge >= 0.3 is 20.3 Å². The second kappa shape index (κ2) is 29.7. The molecule has 27 nitrogen and oxygen atoms in total. The Labute approximate surface area is 470 Å². The molecule has 0 saturated heterocycles. The van der Waals surface area contributed by atoms with E-state index < -0.39 is 91.3 Å². The van der Waals surface area contributed by atoms with E-state index in [0.717, 1.165) is 4.57 Å². The van der Waals surface area contributed by atoms with Crippen molar-refractivity contribution in [1.82, 2.24) is 25.8 Å². The smallest absolute Gasteiger partial charge is 0.373 e. The number of benzene rings is 2. The lowest BCUT2D eigenvalue weighted by Crippen LogP contribution is -2.55. The highest BCUT2D eigenvalue weighted by molar-refractivity contribution is 7.72. The van der Waals surface area contributed by atoms with Crippen LogP contribution in [0.4, 0.5) is 17.1 Å². The number of aromatic nitrogens is 2. The molecular formula is C52H82N11O16P2+. The molecular weight excluding hydrogens is 1100 g/mol.